The Bertz CT molecular complexity index is 1100. The van der Waals surface area contributed by atoms with E-state index in [1.807, 2.05) is 13.8 Å². The van der Waals surface area contributed by atoms with Gasteiger partial charge in [0.1, 0.15) is 22.8 Å². The number of carbonyl (C=O) groups is 1. The predicted octanol–water partition coefficient (Wildman–Crippen LogP) is 3.18. The zero-order valence-corrected chi connectivity index (χ0v) is 15.1. The molecule has 1 N–H and O–H groups in total. The summed E-state index contributed by atoms with van der Waals surface area (Å²) in [6, 6.07) is 4.42. The quantitative estimate of drug-likeness (QED) is 0.427. The number of nitro benzene ring substituents is 1. The third-order valence-electron chi connectivity index (χ3n) is 4.07. The van der Waals surface area contributed by atoms with E-state index in [2.05, 4.69) is 9.97 Å². The van der Waals surface area contributed by atoms with E-state index in [-0.39, 0.29) is 29.2 Å². The van der Waals surface area contributed by atoms with Crippen LogP contribution in [-0.4, -0.2) is 20.9 Å². The molecule has 3 aromatic rings. The van der Waals surface area contributed by atoms with E-state index < -0.39 is 10.9 Å². The lowest BCUT2D eigenvalue weighted by Gasteiger charge is -2.06. The number of thiophene rings is 1. The van der Waals surface area contributed by atoms with Crippen LogP contribution < -0.4 is 5.56 Å². The Morgan fingerprint density at radius 2 is 2.08 bits per heavy atom. The van der Waals surface area contributed by atoms with Gasteiger partial charge in [-0.2, -0.15) is 0 Å². The minimum absolute atomic E-state index is 0.138. The highest BCUT2D eigenvalue weighted by Crippen LogP contribution is 2.26. The first-order valence-electron chi connectivity index (χ1n) is 7.69. The number of carbonyl (C=O) groups excluding carboxylic acids is 1. The van der Waals surface area contributed by atoms with Gasteiger partial charge in [-0.15, -0.1) is 11.3 Å². The van der Waals surface area contributed by atoms with E-state index in [1.54, 1.807) is 19.1 Å². The molecule has 26 heavy (non-hydrogen) atoms. The number of aromatic nitrogens is 2. The van der Waals surface area contributed by atoms with Gasteiger partial charge in [0.05, 0.1) is 10.3 Å². The first-order chi connectivity index (χ1) is 12.3. The maximum Gasteiger partial charge on any atom is 0.345 e. The minimum atomic E-state index is -0.846. The molecule has 3 rings (SSSR count). The second-order valence-corrected chi connectivity index (χ2v) is 6.98. The summed E-state index contributed by atoms with van der Waals surface area (Å²) >= 11 is 1.39. The van der Waals surface area contributed by atoms with Crippen molar-refractivity contribution in [3.05, 3.63) is 66.1 Å². The lowest BCUT2D eigenvalue weighted by atomic mass is 10.1. The van der Waals surface area contributed by atoms with Crippen molar-refractivity contribution in [3.63, 3.8) is 0 Å². The zero-order valence-electron chi connectivity index (χ0n) is 14.3. The molecule has 0 saturated carbocycles. The fourth-order valence-corrected chi connectivity index (χ4v) is 3.69. The molecule has 0 fully saturated rings. The molecule has 134 valence electrons. The second-order valence-electron chi connectivity index (χ2n) is 5.78. The van der Waals surface area contributed by atoms with Gasteiger partial charge in [-0.3, -0.25) is 14.9 Å². The van der Waals surface area contributed by atoms with Gasteiger partial charge in [0.25, 0.3) is 11.2 Å². The fourth-order valence-electron chi connectivity index (χ4n) is 2.65. The number of hydrogen-bond donors (Lipinski definition) is 1. The molecule has 0 aliphatic carbocycles. The van der Waals surface area contributed by atoms with E-state index in [0.29, 0.717) is 15.8 Å². The van der Waals surface area contributed by atoms with Crippen LogP contribution in [0.15, 0.2) is 23.0 Å². The van der Waals surface area contributed by atoms with Gasteiger partial charge in [-0.25, -0.2) is 9.78 Å². The zero-order chi connectivity index (χ0) is 19.0. The smallest absolute Gasteiger partial charge is 0.345 e. The number of hydrogen-bond acceptors (Lipinski definition) is 7. The Morgan fingerprint density at radius 3 is 2.77 bits per heavy atom. The summed E-state index contributed by atoms with van der Waals surface area (Å²) in [7, 11) is 0. The number of esters is 1. The maximum atomic E-state index is 12.3. The molecule has 0 radical (unpaired) electrons. The average Bonchev–Trinajstić information content (AvgIpc) is 2.86. The van der Waals surface area contributed by atoms with E-state index in [0.717, 1.165) is 10.4 Å². The third kappa shape index (κ3) is 3.08. The number of nitrogens with zero attached hydrogens (tertiary/aromatic N) is 2. The van der Waals surface area contributed by atoms with Crippen molar-refractivity contribution in [1.82, 2.24) is 9.97 Å². The molecule has 0 atom stereocenters. The summed E-state index contributed by atoms with van der Waals surface area (Å²) < 4.78 is 5.13. The molecule has 0 aliphatic rings. The number of rotatable bonds is 4. The molecule has 0 bridgehead atoms. The van der Waals surface area contributed by atoms with E-state index in [1.165, 1.54) is 17.4 Å². The largest absolute Gasteiger partial charge is 0.454 e. The Labute approximate surface area is 151 Å². The lowest BCUT2D eigenvalue weighted by molar-refractivity contribution is -0.385. The standard InChI is InChI=1S/C17H15N3O5S/c1-8-5-4-6-11(14(8)20(23)24)17(22)25-7-12-18-15(21)13-9(2)10(3)26-16(13)19-12/h4-6H,7H2,1-3H3,(H,18,19,21). The molecule has 0 amide bonds. The normalized spacial score (nSPS) is 10.9. The number of benzene rings is 1. The van der Waals surface area contributed by atoms with Crippen molar-refractivity contribution in [2.24, 2.45) is 0 Å². The number of aryl methyl sites for hydroxylation is 3. The summed E-state index contributed by atoms with van der Waals surface area (Å²) in [5.74, 6) is -0.658. The molecule has 2 aromatic heterocycles. The van der Waals surface area contributed by atoms with Crippen LogP contribution in [-0.2, 0) is 11.3 Å². The molecule has 8 nitrogen and oxygen atoms in total. The molecule has 2 heterocycles. The van der Waals surface area contributed by atoms with E-state index >= 15 is 0 Å². The van der Waals surface area contributed by atoms with Gasteiger partial charge in [0, 0.05) is 10.4 Å². The topological polar surface area (TPSA) is 115 Å². The van der Waals surface area contributed by atoms with Crippen LogP contribution in [0.5, 0.6) is 0 Å². The molecule has 0 aliphatic heterocycles. The van der Waals surface area contributed by atoms with E-state index in [4.69, 9.17) is 4.74 Å². The number of H-pyrrole nitrogens is 1. The number of ether oxygens (including phenoxy) is 1. The number of nitrogens with one attached hydrogen (secondary N) is 1. The van der Waals surface area contributed by atoms with Crippen LogP contribution in [0.2, 0.25) is 0 Å². The van der Waals surface area contributed by atoms with Gasteiger partial charge >= 0.3 is 5.97 Å². The summed E-state index contributed by atoms with van der Waals surface area (Å²) in [5.41, 5.74) is 0.504. The van der Waals surface area contributed by atoms with Crippen LogP contribution >= 0.6 is 11.3 Å². The van der Waals surface area contributed by atoms with Gasteiger partial charge in [0.15, 0.2) is 0 Å². The van der Waals surface area contributed by atoms with Crippen LogP contribution in [0.1, 0.15) is 32.2 Å². The molecule has 1 aromatic carbocycles. The molecule has 9 heteroatoms. The van der Waals surface area contributed by atoms with Crippen molar-refractivity contribution >= 4 is 33.2 Å². The molecule has 0 unspecified atom stereocenters. The number of nitro groups is 1. The maximum absolute atomic E-state index is 12.3. The van der Waals surface area contributed by atoms with Crippen molar-refractivity contribution in [3.8, 4) is 0 Å². The second kappa shape index (κ2) is 6.68. The Morgan fingerprint density at radius 1 is 1.35 bits per heavy atom. The number of fused-ring (bicyclic) bond motifs is 1. The Kier molecular flexibility index (Phi) is 4.56. The van der Waals surface area contributed by atoms with Crippen molar-refractivity contribution in [2.45, 2.75) is 27.4 Å². The van der Waals surface area contributed by atoms with Gasteiger partial charge in [-0.05, 0) is 32.4 Å². The highest BCUT2D eigenvalue weighted by atomic mass is 32.1. The summed E-state index contributed by atoms with van der Waals surface area (Å²) in [5, 5.41) is 11.7. The Balaban J connectivity index is 1.87. The van der Waals surface area contributed by atoms with Crippen LogP contribution in [0.3, 0.4) is 0 Å². The number of aromatic amines is 1. The van der Waals surface area contributed by atoms with Crippen molar-refractivity contribution in [1.29, 1.82) is 0 Å². The first-order valence-corrected chi connectivity index (χ1v) is 8.51. The summed E-state index contributed by atoms with van der Waals surface area (Å²) in [6.45, 7) is 5.01. The fraction of sp³-hybridized carbons (Fsp3) is 0.235. The molecular formula is C17H15N3O5S. The summed E-state index contributed by atoms with van der Waals surface area (Å²) in [6.07, 6.45) is 0. The van der Waals surface area contributed by atoms with Crippen LogP contribution in [0, 0.1) is 30.9 Å². The van der Waals surface area contributed by atoms with Crippen molar-refractivity contribution in [2.75, 3.05) is 0 Å². The highest BCUT2D eigenvalue weighted by molar-refractivity contribution is 7.18. The lowest BCUT2D eigenvalue weighted by Crippen LogP contribution is -2.15. The van der Waals surface area contributed by atoms with E-state index in [9.17, 15) is 19.7 Å². The Hall–Kier alpha value is -3.07. The first kappa shape index (κ1) is 17.7. The summed E-state index contributed by atoms with van der Waals surface area (Å²) in [4.78, 5) is 43.5. The van der Waals surface area contributed by atoms with Gasteiger partial charge < -0.3 is 9.72 Å². The van der Waals surface area contributed by atoms with Gasteiger partial charge in [-0.1, -0.05) is 12.1 Å². The monoisotopic (exact) mass is 373 g/mol. The predicted molar refractivity (Wildman–Crippen MR) is 96.7 cm³/mol. The van der Waals surface area contributed by atoms with Crippen LogP contribution in [0.4, 0.5) is 5.69 Å². The van der Waals surface area contributed by atoms with Gasteiger partial charge in [0.2, 0.25) is 0 Å². The molecular weight excluding hydrogens is 358 g/mol. The third-order valence-corrected chi connectivity index (χ3v) is 5.17. The number of para-hydroxylation sites is 1. The van der Waals surface area contributed by atoms with Crippen molar-refractivity contribution < 1.29 is 14.5 Å². The minimum Gasteiger partial charge on any atom is -0.454 e. The average molecular weight is 373 g/mol. The molecule has 0 spiro atoms. The molecule has 0 saturated heterocycles. The highest BCUT2D eigenvalue weighted by Gasteiger charge is 2.24. The SMILES string of the molecule is Cc1cccc(C(=O)OCc2nc3sc(C)c(C)c3c(=O)[nH]2)c1[N+](=O)[O-]. The van der Waals surface area contributed by atoms with Crippen LogP contribution in [0.25, 0.3) is 10.2 Å².